The molecular weight excluding hydrogens is 390 g/mol. The van der Waals surface area contributed by atoms with Gasteiger partial charge in [0.1, 0.15) is 12.4 Å². The van der Waals surface area contributed by atoms with Crippen LogP contribution in [-0.4, -0.2) is 26.8 Å². The Labute approximate surface area is 181 Å². The molecule has 0 radical (unpaired) electrons. The fraction of sp³-hybridized carbons (Fsp3) is 0.375. The predicted octanol–water partition coefficient (Wildman–Crippen LogP) is 2.97. The minimum Gasteiger partial charge on any atom is -0.367 e. The number of fused-ring (bicyclic) bond motifs is 2. The molecule has 0 saturated heterocycles. The van der Waals surface area contributed by atoms with Crippen LogP contribution in [0.2, 0.25) is 0 Å². The molecule has 0 fully saturated rings. The van der Waals surface area contributed by atoms with E-state index in [1.165, 1.54) is 15.9 Å². The second kappa shape index (κ2) is 8.41. The first kappa shape index (κ1) is 19.6. The third kappa shape index (κ3) is 4.00. The summed E-state index contributed by atoms with van der Waals surface area (Å²) < 4.78 is 3.02. The zero-order chi connectivity index (χ0) is 21.2. The number of aromatic nitrogens is 3. The predicted molar refractivity (Wildman–Crippen MR) is 120 cm³/mol. The van der Waals surface area contributed by atoms with Crippen molar-refractivity contribution in [1.29, 1.82) is 0 Å². The van der Waals surface area contributed by atoms with Crippen LogP contribution in [0.15, 0.2) is 53.3 Å². The van der Waals surface area contributed by atoms with Crippen LogP contribution in [0.3, 0.4) is 0 Å². The first-order chi connectivity index (χ1) is 15.2. The zero-order valence-corrected chi connectivity index (χ0v) is 17.6. The quantitative estimate of drug-likeness (QED) is 0.693. The molecule has 1 amide bonds. The van der Waals surface area contributed by atoms with Crippen molar-refractivity contribution in [2.45, 2.75) is 51.7 Å². The summed E-state index contributed by atoms with van der Waals surface area (Å²) in [6, 6.07) is 16.3. The lowest BCUT2D eigenvalue weighted by Crippen LogP contribution is -2.30. The number of amides is 1. The normalized spacial score (nSPS) is 15.3. The average molecular weight is 418 g/mol. The van der Waals surface area contributed by atoms with Crippen molar-refractivity contribution >= 4 is 17.3 Å². The van der Waals surface area contributed by atoms with Gasteiger partial charge >= 0.3 is 5.69 Å². The number of para-hydroxylation sites is 2. The number of aryl methyl sites for hydroxylation is 1. The van der Waals surface area contributed by atoms with Gasteiger partial charge in [-0.05, 0) is 42.5 Å². The van der Waals surface area contributed by atoms with Gasteiger partial charge in [-0.1, -0.05) is 42.8 Å². The van der Waals surface area contributed by atoms with Crippen molar-refractivity contribution in [2.24, 2.45) is 0 Å². The summed E-state index contributed by atoms with van der Waals surface area (Å²) in [5.41, 5.74) is 4.28. The Balaban J connectivity index is 1.30. The molecule has 31 heavy (non-hydrogen) atoms. The highest BCUT2D eigenvalue weighted by molar-refractivity contribution is 5.91. The Kier molecular flexibility index (Phi) is 5.32. The fourth-order valence-corrected chi connectivity index (χ4v) is 4.61. The van der Waals surface area contributed by atoms with Gasteiger partial charge in [0.25, 0.3) is 0 Å². The standard InChI is InChI=1S/C24H27N5O2/c30-23(17-29-24(31)28-14-7-1-2-12-22(28)26-29)25-20-10-5-3-9-19(20)16-27-15-13-18-8-4-6-11-21(18)27/h3-6,8-11H,1-2,7,12-17H2,(H,25,30). The zero-order valence-electron chi connectivity index (χ0n) is 17.6. The van der Waals surface area contributed by atoms with Crippen LogP contribution in [0.25, 0.3) is 0 Å². The summed E-state index contributed by atoms with van der Waals surface area (Å²) in [5, 5.41) is 7.42. The summed E-state index contributed by atoms with van der Waals surface area (Å²) in [5.74, 6) is 0.563. The SMILES string of the molecule is O=C(Cn1nc2n(c1=O)CCCCC2)Nc1ccccc1CN1CCc2ccccc21. The van der Waals surface area contributed by atoms with Crippen molar-refractivity contribution in [1.82, 2.24) is 14.3 Å². The van der Waals surface area contributed by atoms with Crippen molar-refractivity contribution in [2.75, 3.05) is 16.8 Å². The lowest BCUT2D eigenvalue weighted by Gasteiger charge is -2.21. The van der Waals surface area contributed by atoms with Gasteiger partial charge in [0.05, 0.1) is 0 Å². The second-order valence-electron chi connectivity index (χ2n) is 8.32. The largest absolute Gasteiger partial charge is 0.367 e. The highest BCUT2D eigenvalue weighted by Gasteiger charge is 2.21. The van der Waals surface area contributed by atoms with Crippen molar-refractivity contribution < 1.29 is 4.79 Å². The van der Waals surface area contributed by atoms with Crippen LogP contribution in [0.1, 0.15) is 36.2 Å². The van der Waals surface area contributed by atoms with E-state index >= 15 is 0 Å². The van der Waals surface area contributed by atoms with Crippen LogP contribution in [-0.2, 0) is 37.3 Å². The summed E-state index contributed by atoms with van der Waals surface area (Å²) in [6.07, 6.45) is 4.97. The van der Waals surface area contributed by atoms with Crippen LogP contribution in [0, 0.1) is 0 Å². The maximum Gasteiger partial charge on any atom is 0.346 e. The number of carbonyl (C=O) groups excluding carboxylic acids is 1. The molecule has 0 saturated carbocycles. The van der Waals surface area contributed by atoms with E-state index in [0.717, 1.165) is 62.3 Å². The molecule has 0 unspecified atom stereocenters. The molecule has 7 nitrogen and oxygen atoms in total. The molecule has 3 aromatic rings. The third-order valence-electron chi connectivity index (χ3n) is 6.21. The molecule has 7 heteroatoms. The van der Waals surface area contributed by atoms with E-state index in [-0.39, 0.29) is 18.1 Å². The smallest absolute Gasteiger partial charge is 0.346 e. The molecule has 1 aromatic heterocycles. The van der Waals surface area contributed by atoms with Gasteiger partial charge < -0.3 is 10.2 Å². The molecular formula is C24H27N5O2. The minimum atomic E-state index is -0.232. The van der Waals surface area contributed by atoms with E-state index in [1.54, 1.807) is 4.57 Å². The third-order valence-corrected chi connectivity index (χ3v) is 6.21. The summed E-state index contributed by atoms with van der Waals surface area (Å²) in [7, 11) is 0. The average Bonchev–Trinajstić information content (AvgIpc) is 3.20. The van der Waals surface area contributed by atoms with E-state index in [1.807, 2.05) is 24.3 Å². The number of rotatable bonds is 5. The number of nitrogens with zero attached hydrogens (tertiary/aromatic N) is 4. The van der Waals surface area contributed by atoms with Gasteiger partial charge in [0.2, 0.25) is 5.91 Å². The van der Waals surface area contributed by atoms with E-state index in [2.05, 4.69) is 39.6 Å². The number of anilines is 2. The molecule has 0 spiro atoms. The summed E-state index contributed by atoms with van der Waals surface area (Å²) in [4.78, 5) is 27.8. The van der Waals surface area contributed by atoms with Gasteiger partial charge in [0.15, 0.2) is 0 Å². The van der Waals surface area contributed by atoms with Crippen molar-refractivity contribution in [3.63, 3.8) is 0 Å². The lowest BCUT2D eigenvalue weighted by molar-refractivity contribution is -0.117. The number of hydrogen-bond acceptors (Lipinski definition) is 4. The number of nitrogens with one attached hydrogen (secondary N) is 1. The van der Waals surface area contributed by atoms with E-state index in [9.17, 15) is 9.59 Å². The summed E-state index contributed by atoms with van der Waals surface area (Å²) in [6.45, 7) is 2.32. The molecule has 3 heterocycles. The summed E-state index contributed by atoms with van der Waals surface area (Å²) >= 11 is 0. The topological polar surface area (TPSA) is 72.2 Å². The van der Waals surface area contributed by atoms with Gasteiger partial charge in [-0.25, -0.2) is 9.48 Å². The first-order valence-corrected chi connectivity index (χ1v) is 11.1. The first-order valence-electron chi connectivity index (χ1n) is 11.1. The second-order valence-corrected chi connectivity index (χ2v) is 8.32. The van der Waals surface area contributed by atoms with Crippen LogP contribution in [0.5, 0.6) is 0 Å². The molecule has 0 atom stereocenters. The fourth-order valence-electron chi connectivity index (χ4n) is 4.61. The van der Waals surface area contributed by atoms with Gasteiger partial charge in [-0.2, -0.15) is 5.10 Å². The molecule has 0 aliphatic carbocycles. The maximum atomic E-state index is 12.8. The Morgan fingerprint density at radius 1 is 0.968 bits per heavy atom. The van der Waals surface area contributed by atoms with Crippen molar-refractivity contribution in [3.8, 4) is 0 Å². The Morgan fingerprint density at radius 3 is 2.74 bits per heavy atom. The molecule has 0 bridgehead atoms. The van der Waals surface area contributed by atoms with Crippen LogP contribution >= 0.6 is 0 Å². The van der Waals surface area contributed by atoms with Gasteiger partial charge in [-0.15, -0.1) is 0 Å². The molecule has 160 valence electrons. The maximum absolute atomic E-state index is 12.8. The molecule has 5 rings (SSSR count). The van der Waals surface area contributed by atoms with Crippen molar-refractivity contribution in [3.05, 3.63) is 76.0 Å². The van der Waals surface area contributed by atoms with Crippen LogP contribution in [0.4, 0.5) is 11.4 Å². The number of hydrogen-bond donors (Lipinski definition) is 1. The lowest BCUT2D eigenvalue weighted by atomic mass is 10.1. The minimum absolute atomic E-state index is 0.0697. The van der Waals surface area contributed by atoms with Gasteiger partial charge in [0, 0.05) is 37.4 Å². The number of benzene rings is 2. The molecule has 1 N–H and O–H groups in total. The molecule has 2 aliphatic rings. The number of carbonyl (C=O) groups is 1. The van der Waals surface area contributed by atoms with E-state index in [4.69, 9.17) is 0 Å². The van der Waals surface area contributed by atoms with E-state index in [0.29, 0.717) is 6.54 Å². The molecule has 2 aliphatic heterocycles. The Morgan fingerprint density at radius 2 is 1.81 bits per heavy atom. The Bertz CT molecular complexity index is 1160. The van der Waals surface area contributed by atoms with Crippen LogP contribution < -0.4 is 15.9 Å². The molecule has 2 aromatic carbocycles. The van der Waals surface area contributed by atoms with Gasteiger partial charge in [-0.3, -0.25) is 9.36 Å². The highest BCUT2D eigenvalue weighted by Crippen LogP contribution is 2.30. The Hall–Kier alpha value is -3.35. The monoisotopic (exact) mass is 417 g/mol. The van der Waals surface area contributed by atoms with E-state index < -0.39 is 0 Å². The highest BCUT2D eigenvalue weighted by atomic mass is 16.2.